The Hall–Kier alpha value is -0.120. The predicted molar refractivity (Wildman–Crippen MR) is 69.2 cm³/mol. The molecule has 0 aromatic heterocycles. The zero-order valence-electron chi connectivity index (χ0n) is 10.9. The van der Waals surface area contributed by atoms with Crippen LogP contribution in [0, 0.1) is 0 Å². The summed E-state index contributed by atoms with van der Waals surface area (Å²) in [6.45, 7) is 4.81. The molecule has 0 spiro atoms. The SMILES string of the molecule is C1CCC(CCNC2CCN3CCCC23)OC1. The highest BCUT2D eigenvalue weighted by Crippen LogP contribution is 2.27. The normalized spacial score (nSPS) is 38.5. The van der Waals surface area contributed by atoms with Crippen molar-refractivity contribution in [3.05, 3.63) is 0 Å². The lowest BCUT2D eigenvalue weighted by molar-refractivity contribution is 0.0111. The average Bonchev–Trinajstić information content (AvgIpc) is 2.95. The molecule has 0 bridgehead atoms. The van der Waals surface area contributed by atoms with Crippen LogP contribution in [0.1, 0.15) is 44.9 Å². The molecule has 0 radical (unpaired) electrons. The van der Waals surface area contributed by atoms with Crippen molar-refractivity contribution in [3.63, 3.8) is 0 Å². The van der Waals surface area contributed by atoms with E-state index in [-0.39, 0.29) is 0 Å². The molecule has 3 aliphatic heterocycles. The summed E-state index contributed by atoms with van der Waals surface area (Å²) in [5, 5.41) is 3.78. The lowest BCUT2D eigenvalue weighted by Gasteiger charge is -2.25. The van der Waals surface area contributed by atoms with Crippen molar-refractivity contribution in [2.24, 2.45) is 0 Å². The maximum Gasteiger partial charge on any atom is 0.0587 e. The van der Waals surface area contributed by atoms with Crippen LogP contribution >= 0.6 is 0 Å². The number of fused-ring (bicyclic) bond motifs is 1. The second-order valence-corrected chi connectivity index (χ2v) is 5.87. The van der Waals surface area contributed by atoms with Crippen LogP contribution in [0.4, 0.5) is 0 Å². The van der Waals surface area contributed by atoms with Gasteiger partial charge in [0.1, 0.15) is 0 Å². The molecule has 3 fully saturated rings. The van der Waals surface area contributed by atoms with Gasteiger partial charge in [-0.25, -0.2) is 0 Å². The summed E-state index contributed by atoms with van der Waals surface area (Å²) in [6.07, 6.45) is 9.85. The van der Waals surface area contributed by atoms with Crippen molar-refractivity contribution in [2.45, 2.75) is 63.1 Å². The molecule has 3 heterocycles. The summed E-state index contributed by atoms with van der Waals surface area (Å²) in [5.74, 6) is 0. The fourth-order valence-electron chi connectivity index (χ4n) is 3.79. The van der Waals surface area contributed by atoms with Crippen molar-refractivity contribution < 1.29 is 4.74 Å². The van der Waals surface area contributed by atoms with Gasteiger partial charge in [0, 0.05) is 25.2 Å². The molecular formula is C14H26N2O. The molecule has 3 saturated heterocycles. The second kappa shape index (κ2) is 5.68. The molecule has 3 atom stereocenters. The molecule has 98 valence electrons. The van der Waals surface area contributed by atoms with Crippen molar-refractivity contribution in [1.82, 2.24) is 10.2 Å². The van der Waals surface area contributed by atoms with Crippen molar-refractivity contribution >= 4 is 0 Å². The Morgan fingerprint density at radius 3 is 2.94 bits per heavy atom. The van der Waals surface area contributed by atoms with E-state index in [1.165, 1.54) is 58.0 Å². The van der Waals surface area contributed by atoms with E-state index in [2.05, 4.69) is 10.2 Å². The number of hydrogen-bond donors (Lipinski definition) is 1. The zero-order valence-corrected chi connectivity index (χ0v) is 10.9. The standard InChI is InChI=1S/C14H26N2O/c1-2-11-17-12(4-1)6-8-15-13-7-10-16-9-3-5-14(13)16/h12-15H,1-11H2. The van der Waals surface area contributed by atoms with Crippen molar-refractivity contribution in [2.75, 3.05) is 26.2 Å². The van der Waals surface area contributed by atoms with E-state index >= 15 is 0 Å². The summed E-state index contributed by atoms with van der Waals surface area (Å²) < 4.78 is 5.78. The van der Waals surface area contributed by atoms with Crippen LogP contribution in [0.15, 0.2) is 0 Å². The van der Waals surface area contributed by atoms with E-state index in [1.54, 1.807) is 0 Å². The molecule has 3 heteroatoms. The highest BCUT2D eigenvalue weighted by molar-refractivity contribution is 4.95. The van der Waals surface area contributed by atoms with Crippen LogP contribution < -0.4 is 5.32 Å². The van der Waals surface area contributed by atoms with Crippen molar-refractivity contribution in [3.8, 4) is 0 Å². The van der Waals surface area contributed by atoms with Gasteiger partial charge in [-0.3, -0.25) is 4.90 Å². The van der Waals surface area contributed by atoms with Gasteiger partial charge in [0.2, 0.25) is 0 Å². The van der Waals surface area contributed by atoms with E-state index in [4.69, 9.17) is 4.74 Å². The van der Waals surface area contributed by atoms with Gasteiger partial charge >= 0.3 is 0 Å². The summed E-state index contributed by atoms with van der Waals surface area (Å²) in [6, 6.07) is 1.61. The molecule has 17 heavy (non-hydrogen) atoms. The fourth-order valence-corrected chi connectivity index (χ4v) is 3.79. The second-order valence-electron chi connectivity index (χ2n) is 5.87. The molecule has 0 aliphatic carbocycles. The fraction of sp³-hybridized carbons (Fsp3) is 1.00. The maximum atomic E-state index is 5.78. The number of ether oxygens (including phenoxy) is 1. The first kappa shape index (κ1) is 11.9. The van der Waals surface area contributed by atoms with Crippen LogP contribution in [0.2, 0.25) is 0 Å². The van der Waals surface area contributed by atoms with Gasteiger partial charge in [0.15, 0.2) is 0 Å². The third-order valence-electron chi connectivity index (χ3n) is 4.75. The third-order valence-corrected chi connectivity index (χ3v) is 4.75. The van der Waals surface area contributed by atoms with E-state index in [1.807, 2.05) is 0 Å². The van der Waals surface area contributed by atoms with E-state index in [0.717, 1.165) is 25.2 Å². The Balaban J connectivity index is 1.36. The molecule has 3 nitrogen and oxygen atoms in total. The van der Waals surface area contributed by atoms with E-state index in [0.29, 0.717) is 6.10 Å². The summed E-state index contributed by atoms with van der Waals surface area (Å²) in [7, 11) is 0. The first-order valence-corrected chi connectivity index (χ1v) is 7.52. The number of hydrogen-bond acceptors (Lipinski definition) is 3. The van der Waals surface area contributed by atoms with Gasteiger partial charge in [0.25, 0.3) is 0 Å². The van der Waals surface area contributed by atoms with E-state index < -0.39 is 0 Å². The first-order valence-electron chi connectivity index (χ1n) is 7.52. The molecule has 1 N–H and O–H groups in total. The summed E-state index contributed by atoms with van der Waals surface area (Å²) in [4.78, 5) is 2.68. The Bertz CT molecular complexity index is 240. The number of nitrogens with zero attached hydrogens (tertiary/aromatic N) is 1. The van der Waals surface area contributed by atoms with Crippen LogP contribution in [0.25, 0.3) is 0 Å². The van der Waals surface area contributed by atoms with Gasteiger partial charge in [-0.2, -0.15) is 0 Å². The zero-order chi connectivity index (χ0) is 11.5. The molecule has 0 amide bonds. The number of nitrogens with one attached hydrogen (secondary N) is 1. The number of rotatable bonds is 4. The van der Waals surface area contributed by atoms with Gasteiger partial charge < -0.3 is 10.1 Å². The minimum Gasteiger partial charge on any atom is -0.378 e. The maximum absolute atomic E-state index is 5.78. The minimum atomic E-state index is 0.539. The highest BCUT2D eigenvalue weighted by atomic mass is 16.5. The molecular weight excluding hydrogens is 212 g/mol. The highest BCUT2D eigenvalue weighted by Gasteiger charge is 2.36. The minimum absolute atomic E-state index is 0.539. The van der Waals surface area contributed by atoms with Gasteiger partial charge in [-0.1, -0.05) is 0 Å². The van der Waals surface area contributed by atoms with Gasteiger partial charge in [-0.05, 0) is 58.0 Å². The molecule has 0 aromatic rings. The Morgan fingerprint density at radius 2 is 2.06 bits per heavy atom. The summed E-state index contributed by atoms with van der Waals surface area (Å²) >= 11 is 0. The lowest BCUT2D eigenvalue weighted by Crippen LogP contribution is -2.40. The van der Waals surface area contributed by atoms with Gasteiger partial charge in [-0.15, -0.1) is 0 Å². The Kier molecular flexibility index (Phi) is 3.99. The molecule has 0 saturated carbocycles. The van der Waals surface area contributed by atoms with Crippen LogP contribution in [0.5, 0.6) is 0 Å². The van der Waals surface area contributed by atoms with Crippen LogP contribution in [-0.2, 0) is 4.74 Å². The third kappa shape index (κ3) is 2.83. The molecule has 3 unspecified atom stereocenters. The Labute approximate surface area is 105 Å². The Morgan fingerprint density at radius 1 is 1.06 bits per heavy atom. The molecule has 0 aromatic carbocycles. The molecule has 3 aliphatic rings. The van der Waals surface area contributed by atoms with Gasteiger partial charge in [0.05, 0.1) is 6.10 Å². The molecule has 3 rings (SSSR count). The monoisotopic (exact) mass is 238 g/mol. The van der Waals surface area contributed by atoms with Crippen LogP contribution in [0.3, 0.4) is 0 Å². The quantitative estimate of drug-likeness (QED) is 0.808. The largest absolute Gasteiger partial charge is 0.378 e. The summed E-state index contributed by atoms with van der Waals surface area (Å²) in [5.41, 5.74) is 0. The van der Waals surface area contributed by atoms with Crippen molar-refractivity contribution in [1.29, 1.82) is 0 Å². The van der Waals surface area contributed by atoms with Crippen LogP contribution in [-0.4, -0.2) is 49.3 Å². The lowest BCUT2D eigenvalue weighted by atomic mass is 10.0. The predicted octanol–water partition coefficient (Wildman–Crippen LogP) is 1.77. The topological polar surface area (TPSA) is 24.5 Å². The van der Waals surface area contributed by atoms with E-state index in [9.17, 15) is 0 Å². The first-order chi connectivity index (χ1) is 8.43. The average molecular weight is 238 g/mol. The smallest absolute Gasteiger partial charge is 0.0587 e.